The summed E-state index contributed by atoms with van der Waals surface area (Å²) in [4.78, 5) is 24.9. The second-order valence-corrected chi connectivity index (χ2v) is 5.71. The predicted octanol–water partition coefficient (Wildman–Crippen LogP) is 1.09. The molecule has 108 valence electrons. The van der Waals surface area contributed by atoms with Gasteiger partial charge in [0.25, 0.3) is 0 Å². The molecule has 0 aromatic rings. The van der Waals surface area contributed by atoms with Crippen LogP contribution in [0.1, 0.15) is 38.5 Å². The van der Waals surface area contributed by atoms with E-state index < -0.39 is 5.97 Å². The standard InChI is InChI=1S/C14H24N2O3/c17-13(16-7-3-4-8-16)10-15-9-11-5-1-2-6-12(11)14(18)19/h11-12,15H,1-10H2,(H,18,19). The minimum Gasteiger partial charge on any atom is -0.481 e. The zero-order chi connectivity index (χ0) is 13.7. The van der Waals surface area contributed by atoms with Crippen LogP contribution in [0, 0.1) is 11.8 Å². The van der Waals surface area contributed by atoms with Crippen molar-refractivity contribution in [1.29, 1.82) is 0 Å². The fourth-order valence-electron chi connectivity index (χ4n) is 3.22. The molecule has 0 aromatic carbocycles. The van der Waals surface area contributed by atoms with Crippen LogP contribution in [0.15, 0.2) is 0 Å². The maximum absolute atomic E-state index is 11.8. The molecule has 1 saturated heterocycles. The van der Waals surface area contributed by atoms with Gasteiger partial charge in [0.2, 0.25) is 5.91 Å². The zero-order valence-electron chi connectivity index (χ0n) is 11.4. The van der Waals surface area contributed by atoms with Crippen LogP contribution in [-0.4, -0.2) is 48.1 Å². The van der Waals surface area contributed by atoms with E-state index in [2.05, 4.69) is 5.32 Å². The maximum atomic E-state index is 11.8. The quantitative estimate of drug-likeness (QED) is 0.783. The van der Waals surface area contributed by atoms with Crippen LogP contribution in [0.25, 0.3) is 0 Å². The van der Waals surface area contributed by atoms with E-state index in [1.54, 1.807) is 0 Å². The van der Waals surface area contributed by atoms with Crippen LogP contribution in [-0.2, 0) is 9.59 Å². The van der Waals surface area contributed by atoms with Gasteiger partial charge >= 0.3 is 5.97 Å². The first-order chi connectivity index (χ1) is 9.18. The van der Waals surface area contributed by atoms with Crippen molar-refractivity contribution >= 4 is 11.9 Å². The summed E-state index contributed by atoms with van der Waals surface area (Å²) in [7, 11) is 0. The Hall–Kier alpha value is -1.10. The van der Waals surface area contributed by atoms with Crippen LogP contribution in [0.3, 0.4) is 0 Å². The summed E-state index contributed by atoms with van der Waals surface area (Å²) in [6, 6.07) is 0. The first-order valence-corrected chi connectivity index (χ1v) is 7.40. The van der Waals surface area contributed by atoms with Gasteiger partial charge in [0.05, 0.1) is 12.5 Å². The molecule has 2 fully saturated rings. The number of amides is 1. The summed E-state index contributed by atoms with van der Waals surface area (Å²) in [5.74, 6) is -0.585. The lowest BCUT2D eigenvalue weighted by atomic mass is 9.79. The molecule has 2 unspecified atom stereocenters. The van der Waals surface area contributed by atoms with Gasteiger partial charge in [-0.3, -0.25) is 9.59 Å². The van der Waals surface area contributed by atoms with Crippen LogP contribution in [0.4, 0.5) is 0 Å². The van der Waals surface area contributed by atoms with Crippen LogP contribution >= 0.6 is 0 Å². The molecule has 1 aliphatic heterocycles. The number of nitrogens with one attached hydrogen (secondary N) is 1. The average molecular weight is 268 g/mol. The summed E-state index contributed by atoms with van der Waals surface area (Å²) < 4.78 is 0. The van der Waals surface area contributed by atoms with Crippen molar-refractivity contribution in [3.8, 4) is 0 Å². The molecule has 1 heterocycles. The number of likely N-dealkylation sites (tertiary alicyclic amines) is 1. The second-order valence-electron chi connectivity index (χ2n) is 5.71. The molecular weight excluding hydrogens is 244 g/mol. The first kappa shape index (κ1) is 14.3. The largest absolute Gasteiger partial charge is 0.481 e. The molecule has 0 aromatic heterocycles. The van der Waals surface area contributed by atoms with Crippen molar-refractivity contribution in [2.24, 2.45) is 11.8 Å². The van der Waals surface area contributed by atoms with Gasteiger partial charge in [-0.2, -0.15) is 0 Å². The zero-order valence-corrected chi connectivity index (χ0v) is 11.4. The van der Waals surface area contributed by atoms with Crippen molar-refractivity contribution < 1.29 is 14.7 Å². The van der Waals surface area contributed by atoms with Crippen LogP contribution in [0.5, 0.6) is 0 Å². The molecule has 2 rings (SSSR count). The number of aliphatic carboxylic acids is 1. The first-order valence-electron chi connectivity index (χ1n) is 7.40. The maximum Gasteiger partial charge on any atom is 0.306 e. The van der Waals surface area contributed by atoms with Gasteiger partial charge < -0.3 is 15.3 Å². The van der Waals surface area contributed by atoms with E-state index in [0.29, 0.717) is 13.1 Å². The van der Waals surface area contributed by atoms with Gasteiger partial charge in [0, 0.05) is 13.1 Å². The minimum atomic E-state index is -0.683. The molecule has 1 saturated carbocycles. The highest BCUT2D eigenvalue weighted by atomic mass is 16.4. The third-order valence-electron chi connectivity index (χ3n) is 4.37. The van der Waals surface area contributed by atoms with E-state index in [1.165, 1.54) is 0 Å². The molecule has 2 aliphatic rings. The highest BCUT2D eigenvalue weighted by Gasteiger charge is 2.30. The molecule has 19 heavy (non-hydrogen) atoms. The van der Waals surface area contributed by atoms with Crippen molar-refractivity contribution in [1.82, 2.24) is 10.2 Å². The number of nitrogens with zero attached hydrogens (tertiary/aromatic N) is 1. The van der Waals surface area contributed by atoms with Gasteiger partial charge in [-0.15, -0.1) is 0 Å². The third kappa shape index (κ3) is 3.93. The van der Waals surface area contributed by atoms with Gasteiger partial charge in [-0.05, 0) is 38.1 Å². The number of carboxylic acids is 1. The summed E-state index contributed by atoms with van der Waals surface area (Å²) in [6.45, 7) is 2.75. The van der Waals surface area contributed by atoms with Crippen molar-refractivity contribution in [2.45, 2.75) is 38.5 Å². The third-order valence-corrected chi connectivity index (χ3v) is 4.37. The Kier molecular flexibility index (Phi) is 5.19. The highest BCUT2D eigenvalue weighted by Crippen LogP contribution is 2.29. The normalized spacial score (nSPS) is 27.5. The number of hydrogen-bond donors (Lipinski definition) is 2. The SMILES string of the molecule is O=C(O)C1CCCCC1CNCC(=O)N1CCCC1. The van der Waals surface area contributed by atoms with Gasteiger partial charge in [0.1, 0.15) is 0 Å². The Labute approximate surface area is 114 Å². The van der Waals surface area contributed by atoms with Crippen molar-refractivity contribution in [3.05, 3.63) is 0 Å². The molecule has 1 amide bonds. The second kappa shape index (κ2) is 6.89. The van der Waals surface area contributed by atoms with Gasteiger partial charge in [0.15, 0.2) is 0 Å². The van der Waals surface area contributed by atoms with Gasteiger partial charge in [-0.1, -0.05) is 12.8 Å². The van der Waals surface area contributed by atoms with E-state index in [4.69, 9.17) is 0 Å². The van der Waals surface area contributed by atoms with Crippen LogP contribution < -0.4 is 5.32 Å². The molecule has 2 N–H and O–H groups in total. The molecule has 5 nitrogen and oxygen atoms in total. The summed E-state index contributed by atoms with van der Waals surface area (Å²) in [5, 5.41) is 12.3. The Morgan fingerprint density at radius 3 is 2.47 bits per heavy atom. The summed E-state index contributed by atoms with van der Waals surface area (Å²) in [6.07, 6.45) is 6.07. The lowest BCUT2D eigenvalue weighted by Gasteiger charge is -2.28. The number of carboxylic acid groups (broad SMARTS) is 1. The number of hydrogen-bond acceptors (Lipinski definition) is 3. The Balaban J connectivity index is 1.71. The van der Waals surface area contributed by atoms with E-state index in [9.17, 15) is 14.7 Å². The fourth-order valence-corrected chi connectivity index (χ4v) is 3.22. The summed E-state index contributed by atoms with van der Waals surface area (Å²) >= 11 is 0. The number of carbonyl (C=O) groups excluding carboxylic acids is 1. The van der Waals surface area contributed by atoms with Crippen molar-refractivity contribution in [2.75, 3.05) is 26.2 Å². The Morgan fingerprint density at radius 2 is 1.79 bits per heavy atom. The lowest BCUT2D eigenvalue weighted by molar-refractivity contribution is -0.144. The number of rotatable bonds is 5. The Bertz CT molecular complexity index is 327. The number of carbonyl (C=O) groups is 2. The minimum absolute atomic E-state index is 0.153. The van der Waals surface area contributed by atoms with Crippen LogP contribution in [0.2, 0.25) is 0 Å². The smallest absolute Gasteiger partial charge is 0.306 e. The average Bonchev–Trinajstić information content (AvgIpc) is 2.93. The van der Waals surface area contributed by atoms with E-state index in [0.717, 1.165) is 51.6 Å². The monoisotopic (exact) mass is 268 g/mol. The predicted molar refractivity (Wildman–Crippen MR) is 71.8 cm³/mol. The lowest BCUT2D eigenvalue weighted by Crippen LogP contribution is -2.40. The Morgan fingerprint density at radius 1 is 1.11 bits per heavy atom. The molecule has 2 atom stereocenters. The fraction of sp³-hybridized carbons (Fsp3) is 0.857. The molecule has 5 heteroatoms. The molecule has 0 spiro atoms. The molecule has 0 radical (unpaired) electrons. The van der Waals surface area contributed by atoms with Crippen molar-refractivity contribution in [3.63, 3.8) is 0 Å². The topological polar surface area (TPSA) is 69.6 Å². The van der Waals surface area contributed by atoms with Gasteiger partial charge in [-0.25, -0.2) is 0 Å². The molecule has 0 bridgehead atoms. The summed E-state index contributed by atoms with van der Waals surface area (Å²) in [5.41, 5.74) is 0. The van der Waals surface area contributed by atoms with E-state index >= 15 is 0 Å². The van der Waals surface area contributed by atoms with E-state index in [1.807, 2.05) is 4.90 Å². The molecular formula is C14H24N2O3. The van der Waals surface area contributed by atoms with E-state index in [-0.39, 0.29) is 17.7 Å². The molecule has 1 aliphatic carbocycles. The highest BCUT2D eigenvalue weighted by molar-refractivity contribution is 5.78.